The molecule has 1 aromatic heterocycles. The Labute approximate surface area is 238 Å². The number of allylic oxidation sites excluding steroid dienone is 3. The van der Waals surface area contributed by atoms with E-state index in [1.165, 1.54) is 21.0 Å². The van der Waals surface area contributed by atoms with E-state index in [0.29, 0.717) is 16.9 Å². The van der Waals surface area contributed by atoms with E-state index in [2.05, 4.69) is 55.4 Å². The first-order valence-electron chi connectivity index (χ1n) is 12.1. The molecule has 0 saturated carbocycles. The van der Waals surface area contributed by atoms with Crippen LogP contribution < -0.4 is 17.9 Å². The van der Waals surface area contributed by atoms with Gasteiger partial charge in [0.25, 0.3) is 0 Å². The summed E-state index contributed by atoms with van der Waals surface area (Å²) in [6, 6.07) is 5.98. The number of hydrogen-bond donors (Lipinski definition) is 1. The van der Waals surface area contributed by atoms with Crippen LogP contribution in [-0.4, -0.2) is 58.8 Å². The molecule has 2 N–H and O–H groups in total. The predicted octanol–water partition coefficient (Wildman–Crippen LogP) is 4.97. The molecule has 0 spiro atoms. The Hall–Kier alpha value is -1.32. The first kappa shape index (κ1) is 30.2. The third kappa shape index (κ3) is 7.01. The third-order valence-corrected chi connectivity index (χ3v) is 13.7. The second-order valence-electron chi connectivity index (χ2n) is 8.78. The first-order valence-corrected chi connectivity index (χ1v) is 17.8. The molecule has 2 aromatic rings. The monoisotopic (exact) mass is 680 g/mol. The van der Waals surface area contributed by atoms with Crippen molar-refractivity contribution in [3.8, 4) is 5.75 Å². The van der Waals surface area contributed by atoms with Gasteiger partial charge in [-0.15, -0.1) is 0 Å². The summed E-state index contributed by atoms with van der Waals surface area (Å²) in [5.74, 6) is 0.500. The Morgan fingerprint density at radius 1 is 1.32 bits per heavy atom. The predicted molar refractivity (Wildman–Crippen MR) is 154 cm³/mol. The van der Waals surface area contributed by atoms with Gasteiger partial charge in [0, 0.05) is 0 Å². The molecule has 0 amide bonds. The number of benzene rings is 1. The topological polar surface area (TPSA) is 101 Å². The van der Waals surface area contributed by atoms with Gasteiger partial charge in [-0.2, -0.15) is 8.42 Å². The summed E-state index contributed by atoms with van der Waals surface area (Å²) in [4.78, 5) is 4.68. The van der Waals surface area contributed by atoms with Crippen LogP contribution in [0.5, 0.6) is 5.75 Å². The fourth-order valence-corrected chi connectivity index (χ4v) is 11.1. The van der Waals surface area contributed by atoms with Crippen molar-refractivity contribution in [2.75, 3.05) is 24.3 Å². The summed E-state index contributed by atoms with van der Waals surface area (Å²) in [7, 11) is -2.36. The van der Waals surface area contributed by atoms with E-state index in [1.807, 2.05) is 29.5 Å². The molecule has 0 radical (unpaired) electrons. The molecule has 7 nitrogen and oxygen atoms in total. The van der Waals surface area contributed by atoms with E-state index >= 15 is 0 Å². The smallest absolute Gasteiger partial charge is 0.870 e. The molecule has 0 saturated heterocycles. The maximum absolute atomic E-state index is 11.3. The molecule has 1 atom stereocenters. The van der Waals surface area contributed by atoms with Gasteiger partial charge in [-0.05, 0) is 0 Å². The zero-order chi connectivity index (χ0) is 26.0. The van der Waals surface area contributed by atoms with Gasteiger partial charge in [-0.3, -0.25) is 4.55 Å². The van der Waals surface area contributed by atoms with Crippen molar-refractivity contribution in [2.45, 2.75) is 55.9 Å². The minimum atomic E-state index is -4.00. The first-order chi connectivity index (χ1) is 17.1. The van der Waals surface area contributed by atoms with Crippen LogP contribution in [0.25, 0.3) is 12.2 Å². The van der Waals surface area contributed by atoms with Crippen molar-refractivity contribution < 1.29 is 27.8 Å². The number of ether oxygens (including phenoxy) is 1. The number of aromatic nitrogens is 1. The van der Waals surface area contributed by atoms with Crippen LogP contribution in [0, 0.1) is 0 Å². The van der Waals surface area contributed by atoms with Crippen molar-refractivity contribution in [1.29, 1.82) is 0 Å². The summed E-state index contributed by atoms with van der Waals surface area (Å²) < 4.78 is 42.1. The summed E-state index contributed by atoms with van der Waals surface area (Å²) in [5.41, 5.74) is 3.73. The molecule has 37 heavy (non-hydrogen) atoms. The minimum Gasteiger partial charge on any atom is -0.870 e. The normalized spacial score (nSPS) is 18.4. The summed E-state index contributed by atoms with van der Waals surface area (Å²) in [6.07, 6.45) is 8.14. The van der Waals surface area contributed by atoms with Crippen LogP contribution >= 0.6 is 23.1 Å². The third-order valence-electron chi connectivity index (χ3n) is 6.29. The van der Waals surface area contributed by atoms with Gasteiger partial charge in [-0.25, -0.2) is 0 Å². The number of methoxy groups -OCH3 is 1. The molecule has 2 aliphatic heterocycles. The maximum atomic E-state index is 11.3. The van der Waals surface area contributed by atoms with Crippen LogP contribution in [0.2, 0.25) is 3.97 Å². The van der Waals surface area contributed by atoms with Crippen LogP contribution in [0.4, 0.5) is 5.69 Å². The number of nitrogens with zero attached hydrogens (tertiary/aromatic N) is 2. The van der Waals surface area contributed by atoms with Gasteiger partial charge in [0.2, 0.25) is 0 Å². The number of fused-ring (bicyclic) bond motifs is 2. The van der Waals surface area contributed by atoms with Gasteiger partial charge < -0.3 is 5.48 Å². The molecule has 4 rings (SSSR count). The Morgan fingerprint density at radius 2 is 2.08 bits per heavy atom. The number of hydrogen-bond acceptors (Lipinski definition) is 7. The molecular formula is C26H34N2O5S3Te. The average Bonchev–Trinajstić information content (AvgIpc) is 3.34. The molecule has 1 aromatic carbocycles. The van der Waals surface area contributed by atoms with E-state index in [4.69, 9.17) is 4.74 Å². The number of anilines is 1. The number of rotatable bonds is 9. The van der Waals surface area contributed by atoms with Gasteiger partial charge in [0.15, 0.2) is 0 Å². The number of thioether (sulfide) groups is 1. The van der Waals surface area contributed by atoms with E-state index in [1.54, 1.807) is 22.6 Å². The second kappa shape index (κ2) is 12.7. The van der Waals surface area contributed by atoms with Gasteiger partial charge in [0.05, 0.1) is 7.11 Å². The van der Waals surface area contributed by atoms with Crippen molar-refractivity contribution in [1.82, 2.24) is 0 Å². The summed E-state index contributed by atoms with van der Waals surface area (Å²) in [6.45, 7) is 10.5. The standard InChI is InChI=1S/C26H32N2O4S3Te.H2O/c1-6-19(14-24-27(7-2)26-23(34-24)13-17(3)18(4)36-26)15-25-28(11-8-12-35(29,30)31)21-16-20(32-5)9-10-22(21)33-25;/h9-10,13-16,18H,6-8,11-12H2,1-5H3;1H2. The van der Waals surface area contributed by atoms with Crippen molar-refractivity contribution in [3.05, 3.63) is 50.3 Å². The summed E-state index contributed by atoms with van der Waals surface area (Å²) in [5, 5.41) is 2.35. The Bertz CT molecular complexity index is 1350. The SMILES string of the molecule is CCC(=Cc1sc2c([n+]1CC)[Te]C(C)C(C)=C2)C=C1Sc2ccc(OC)cc2N1CCCS(=O)(=O)O.[OH-]. The zero-order valence-electron chi connectivity index (χ0n) is 21.7. The van der Waals surface area contributed by atoms with E-state index in [-0.39, 0.29) is 32.2 Å². The summed E-state index contributed by atoms with van der Waals surface area (Å²) >= 11 is 3.31. The second-order valence-corrected chi connectivity index (χ2v) is 16.3. The van der Waals surface area contributed by atoms with Crippen LogP contribution in [0.15, 0.2) is 45.3 Å². The minimum absolute atomic E-state index is 0. The molecular weight excluding hydrogens is 644 g/mol. The van der Waals surface area contributed by atoms with Crippen molar-refractivity contribution >= 4 is 75.7 Å². The molecule has 2 aliphatic rings. The van der Waals surface area contributed by atoms with E-state index in [9.17, 15) is 13.0 Å². The van der Waals surface area contributed by atoms with Gasteiger partial charge >= 0.3 is 214 Å². The van der Waals surface area contributed by atoms with Gasteiger partial charge in [0.1, 0.15) is 0 Å². The Morgan fingerprint density at radius 3 is 2.73 bits per heavy atom. The molecule has 11 heteroatoms. The van der Waals surface area contributed by atoms with E-state index < -0.39 is 10.1 Å². The van der Waals surface area contributed by atoms with Crippen molar-refractivity contribution in [2.24, 2.45) is 0 Å². The fourth-order valence-electron chi connectivity index (χ4n) is 4.16. The molecule has 0 aliphatic carbocycles. The molecule has 0 bridgehead atoms. The van der Waals surface area contributed by atoms with Crippen LogP contribution in [0.3, 0.4) is 0 Å². The Kier molecular flexibility index (Phi) is 10.4. The molecule has 3 heterocycles. The Balaban J connectivity index is 0.00000380. The van der Waals surface area contributed by atoms with Crippen molar-refractivity contribution in [3.63, 3.8) is 0 Å². The fraction of sp³-hybridized carbons (Fsp3) is 0.423. The van der Waals surface area contributed by atoms with E-state index in [0.717, 1.165) is 34.3 Å². The zero-order valence-corrected chi connectivity index (χ0v) is 26.5. The number of thiazole rings is 1. The molecule has 0 fully saturated rings. The van der Waals surface area contributed by atoms with Gasteiger partial charge in [-0.1, -0.05) is 0 Å². The molecule has 202 valence electrons. The average molecular weight is 678 g/mol. The quantitative estimate of drug-likeness (QED) is 0.227. The van der Waals surface area contributed by atoms with Crippen LogP contribution in [-0.2, 0) is 16.7 Å². The van der Waals surface area contributed by atoms with Crippen LogP contribution in [0.1, 0.15) is 50.4 Å². The molecule has 1 unspecified atom stereocenters.